The molecule has 2 aromatic heterocycles. The van der Waals surface area contributed by atoms with E-state index in [9.17, 15) is 14.0 Å². The number of benzene rings is 1. The van der Waals surface area contributed by atoms with Gasteiger partial charge >= 0.3 is 0 Å². The van der Waals surface area contributed by atoms with Crippen molar-refractivity contribution < 1.29 is 9.18 Å². The second-order valence-corrected chi connectivity index (χ2v) is 8.37. The van der Waals surface area contributed by atoms with Crippen molar-refractivity contribution in [2.45, 2.75) is 39.0 Å². The van der Waals surface area contributed by atoms with E-state index in [4.69, 9.17) is 11.6 Å². The summed E-state index contributed by atoms with van der Waals surface area (Å²) in [6.45, 7) is 6.30. The molecule has 0 spiro atoms. The molecule has 154 valence electrons. The van der Waals surface area contributed by atoms with Crippen LogP contribution in [0, 0.1) is 18.7 Å². The van der Waals surface area contributed by atoms with Crippen molar-refractivity contribution in [3.8, 4) is 0 Å². The maximum absolute atomic E-state index is 13.5. The van der Waals surface area contributed by atoms with Gasteiger partial charge in [-0.2, -0.15) is 0 Å². The normalized spacial score (nSPS) is 11.4. The summed E-state index contributed by atoms with van der Waals surface area (Å²) in [6.07, 6.45) is 1.88. The first-order valence-corrected chi connectivity index (χ1v) is 10.7. The highest BCUT2D eigenvalue weighted by Gasteiger charge is 2.19. The van der Waals surface area contributed by atoms with Gasteiger partial charge in [0.15, 0.2) is 5.16 Å². The summed E-state index contributed by atoms with van der Waals surface area (Å²) >= 11 is 7.44. The van der Waals surface area contributed by atoms with Gasteiger partial charge in [0.1, 0.15) is 17.9 Å². The SMILES string of the molecule is CSc1nc2cc(C)n(CC(=O)Nc3cc(F)ccc3Cl)c2c(=O)n1CC(C)C. The number of nitrogens with zero attached hydrogens (tertiary/aromatic N) is 3. The molecule has 1 amide bonds. The Balaban J connectivity index is 2.01. The molecular formula is C20H22ClFN4O2S. The van der Waals surface area contributed by atoms with E-state index >= 15 is 0 Å². The van der Waals surface area contributed by atoms with Crippen LogP contribution in [-0.2, 0) is 17.9 Å². The molecule has 0 aliphatic heterocycles. The molecule has 0 aliphatic carbocycles. The lowest BCUT2D eigenvalue weighted by atomic mass is 10.2. The van der Waals surface area contributed by atoms with Crippen LogP contribution in [-0.4, -0.2) is 26.3 Å². The van der Waals surface area contributed by atoms with E-state index in [0.717, 1.165) is 11.8 Å². The molecule has 0 radical (unpaired) electrons. The fourth-order valence-corrected chi connectivity index (χ4v) is 3.89. The van der Waals surface area contributed by atoms with Crippen molar-refractivity contribution in [2.75, 3.05) is 11.6 Å². The fraction of sp³-hybridized carbons (Fsp3) is 0.350. The number of fused-ring (bicyclic) bond motifs is 1. The third-order valence-electron chi connectivity index (χ3n) is 4.41. The monoisotopic (exact) mass is 436 g/mol. The van der Waals surface area contributed by atoms with Crippen LogP contribution < -0.4 is 10.9 Å². The number of anilines is 1. The Bertz CT molecular complexity index is 1140. The zero-order valence-corrected chi connectivity index (χ0v) is 18.2. The minimum atomic E-state index is -0.502. The fourth-order valence-electron chi connectivity index (χ4n) is 3.16. The molecule has 0 bridgehead atoms. The van der Waals surface area contributed by atoms with Crippen molar-refractivity contribution >= 4 is 46.0 Å². The summed E-state index contributed by atoms with van der Waals surface area (Å²) < 4.78 is 16.7. The Hall–Kier alpha value is -2.32. The van der Waals surface area contributed by atoms with Crippen LogP contribution in [0.2, 0.25) is 5.02 Å². The van der Waals surface area contributed by atoms with Gasteiger partial charge in [0.2, 0.25) is 5.91 Å². The van der Waals surface area contributed by atoms with E-state index in [2.05, 4.69) is 10.3 Å². The maximum Gasteiger partial charge on any atom is 0.278 e. The zero-order valence-electron chi connectivity index (χ0n) is 16.6. The van der Waals surface area contributed by atoms with Crippen molar-refractivity contribution in [1.82, 2.24) is 14.1 Å². The molecule has 0 unspecified atom stereocenters. The number of thioether (sulfide) groups is 1. The summed E-state index contributed by atoms with van der Waals surface area (Å²) in [6, 6.07) is 5.54. The molecule has 0 atom stereocenters. The molecule has 6 nitrogen and oxygen atoms in total. The second kappa shape index (κ2) is 8.59. The van der Waals surface area contributed by atoms with Crippen LogP contribution in [0.3, 0.4) is 0 Å². The molecule has 0 saturated carbocycles. The molecule has 3 rings (SSSR count). The van der Waals surface area contributed by atoms with Gasteiger partial charge in [-0.1, -0.05) is 37.2 Å². The van der Waals surface area contributed by atoms with Crippen LogP contribution in [0.1, 0.15) is 19.5 Å². The largest absolute Gasteiger partial charge is 0.330 e. The molecule has 0 fully saturated rings. The van der Waals surface area contributed by atoms with Crippen LogP contribution in [0.5, 0.6) is 0 Å². The predicted molar refractivity (Wildman–Crippen MR) is 115 cm³/mol. The van der Waals surface area contributed by atoms with Gasteiger partial charge in [0.25, 0.3) is 5.56 Å². The molecule has 0 saturated heterocycles. The van der Waals surface area contributed by atoms with Crippen molar-refractivity contribution in [1.29, 1.82) is 0 Å². The van der Waals surface area contributed by atoms with Crippen molar-refractivity contribution in [3.05, 3.63) is 51.2 Å². The van der Waals surface area contributed by atoms with Gasteiger partial charge in [0, 0.05) is 12.2 Å². The highest BCUT2D eigenvalue weighted by molar-refractivity contribution is 7.98. The lowest BCUT2D eigenvalue weighted by Gasteiger charge is -2.14. The molecule has 9 heteroatoms. The number of hydrogen-bond acceptors (Lipinski definition) is 4. The summed E-state index contributed by atoms with van der Waals surface area (Å²) in [4.78, 5) is 30.4. The van der Waals surface area contributed by atoms with Crippen LogP contribution in [0.25, 0.3) is 11.0 Å². The first-order chi connectivity index (χ1) is 13.7. The lowest BCUT2D eigenvalue weighted by Crippen LogP contribution is -2.28. The van der Waals surface area contributed by atoms with E-state index in [1.807, 2.05) is 27.0 Å². The van der Waals surface area contributed by atoms with Crippen LogP contribution >= 0.6 is 23.4 Å². The predicted octanol–water partition coefficient (Wildman–Crippen LogP) is 4.32. The Labute approximate surface area is 177 Å². The van der Waals surface area contributed by atoms with Crippen molar-refractivity contribution in [2.24, 2.45) is 5.92 Å². The number of carbonyl (C=O) groups is 1. The summed E-state index contributed by atoms with van der Waals surface area (Å²) in [7, 11) is 0. The van der Waals surface area contributed by atoms with E-state index < -0.39 is 11.7 Å². The molecule has 2 heterocycles. The molecule has 29 heavy (non-hydrogen) atoms. The average Bonchev–Trinajstić information content (AvgIpc) is 2.95. The average molecular weight is 437 g/mol. The zero-order chi connectivity index (χ0) is 21.3. The first kappa shape index (κ1) is 21.4. The maximum atomic E-state index is 13.5. The molecule has 3 aromatic rings. The number of rotatable bonds is 6. The van der Waals surface area contributed by atoms with Gasteiger partial charge in [-0.3, -0.25) is 14.2 Å². The molecule has 1 aromatic carbocycles. The third-order valence-corrected chi connectivity index (χ3v) is 5.42. The summed E-state index contributed by atoms with van der Waals surface area (Å²) in [5.74, 6) is -0.653. The highest BCUT2D eigenvalue weighted by Crippen LogP contribution is 2.23. The number of amides is 1. The van der Waals surface area contributed by atoms with Gasteiger partial charge in [-0.25, -0.2) is 9.37 Å². The smallest absolute Gasteiger partial charge is 0.278 e. The first-order valence-electron chi connectivity index (χ1n) is 9.10. The van der Waals surface area contributed by atoms with Gasteiger partial charge in [-0.15, -0.1) is 0 Å². The quantitative estimate of drug-likeness (QED) is 0.461. The van der Waals surface area contributed by atoms with Gasteiger partial charge in [-0.05, 0) is 43.4 Å². The summed E-state index contributed by atoms with van der Waals surface area (Å²) in [5.41, 5.74) is 1.66. The Kier molecular flexibility index (Phi) is 6.33. The second-order valence-electron chi connectivity index (χ2n) is 7.19. The molecule has 0 aliphatic rings. The van der Waals surface area contributed by atoms with E-state index in [-0.39, 0.29) is 28.7 Å². The number of aromatic nitrogens is 3. The standard InChI is InChI=1S/C20H22ClFN4O2S/c1-11(2)9-26-19(28)18-16(24-20(26)29-4)7-12(3)25(18)10-17(27)23-15-8-13(22)5-6-14(15)21/h5-8,11H,9-10H2,1-4H3,(H,23,27). The minimum absolute atomic E-state index is 0.112. The third kappa shape index (κ3) is 4.48. The number of halogens is 2. The van der Waals surface area contributed by atoms with Crippen LogP contribution in [0.15, 0.2) is 34.2 Å². The number of hydrogen-bond donors (Lipinski definition) is 1. The Morgan fingerprint density at radius 3 is 2.69 bits per heavy atom. The topological polar surface area (TPSA) is 68.9 Å². The van der Waals surface area contributed by atoms with E-state index in [0.29, 0.717) is 22.7 Å². The molecule has 1 N–H and O–H groups in total. The molecular weight excluding hydrogens is 415 g/mol. The van der Waals surface area contributed by atoms with E-state index in [1.54, 1.807) is 15.2 Å². The highest BCUT2D eigenvalue weighted by atomic mass is 35.5. The van der Waals surface area contributed by atoms with Crippen LogP contribution in [0.4, 0.5) is 10.1 Å². The Morgan fingerprint density at radius 2 is 2.03 bits per heavy atom. The number of nitrogens with one attached hydrogen (secondary N) is 1. The van der Waals surface area contributed by atoms with E-state index in [1.165, 1.54) is 23.9 Å². The lowest BCUT2D eigenvalue weighted by molar-refractivity contribution is -0.116. The Morgan fingerprint density at radius 1 is 1.31 bits per heavy atom. The van der Waals surface area contributed by atoms with Gasteiger partial charge in [0.05, 0.1) is 16.2 Å². The minimum Gasteiger partial charge on any atom is -0.330 e. The van der Waals surface area contributed by atoms with Gasteiger partial charge < -0.3 is 9.88 Å². The number of aryl methyl sites for hydroxylation is 1. The van der Waals surface area contributed by atoms with Crippen molar-refractivity contribution in [3.63, 3.8) is 0 Å². The number of carbonyl (C=O) groups excluding carboxylic acids is 1. The summed E-state index contributed by atoms with van der Waals surface area (Å²) in [5, 5.41) is 3.48.